The molecule has 0 atom stereocenters. The summed E-state index contributed by atoms with van der Waals surface area (Å²) in [7, 11) is 0. The molecule has 3 rings (SSSR count). The van der Waals surface area contributed by atoms with Crippen LogP contribution < -0.4 is 5.32 Å². The molecule has 1 N–H and O–H groups in total. The van der Waals surface area contributed by atoms with Crippen molar-refractivity contribution in [2.45, 2.75) is 18.2 Å². The highest BCUT2D eigenvalue weighted by Crippen LogP contribution is 2.28. The van der Waals surface area contributed by atoms with E-state index in [0.29, 0.717) is 17.8 Å². The van der Waals surface area contributed by atoms with Gasteiger partial charge in [-0.15, -0.1) is 18.3 Å². The number of nitrogens with zero attached hydrogens (tertiary/aromatic N) is 3. The van der Waals surface area contributed by atoms with Crippen molar-refractivity contribution in [3.8, 4) is 23.0 Å². The Labute approximate surface area is 187 Å². The molecule has 156 valence electrons. The van der Waals surface area contributed by atoms with E-state index in [-0.39, 0.29) is 5.57 Å². The van der Waals surface area contributed by atoms with Crippen LogP contribution in [-0.2, 0) is 4.79 Å². The Hall–Kier alpha value is -3.56. The van der Waals surface area contributed by atoms with E-state index in [0.717, 1.165) is 23.4 Å². The smallest absolute Gasteiger partial charge is 0.262 e. The van der Waals surface area contributed by atoms with Gasteiger partial charge in [0.2, 0.25) is 0 Å². The SMILES string of the molecule is C=CCNC(=O)C(C#N)=Cc1cn(-c2ccccc2)nc1-c1ccc(SCCC)cc1. The second kappa shape index (κ2) is 11.0. The highest BCUT2D eigenvalue weighted by atomic mass is 32.2. The number of hydrogen-bond donors (Lipinski definition) is 1. The molecular weight excluding hydrogens is 404 g/mol. The quantitative estimate of drug-likeness (QED) is 0.219. The van der Waals surface area contributed by atoms with Crippen molar-refractivity contribution >= 4 is 23.7 Å². The lowest BCUT2D eigenvalue weighted by molar-refractivity contribution is -0.116. The third-order valence-electron chi connectivity index (χ3n) is 4.44. The second-order valence-electron chi connectivity index (χ2n) is 6.75. The average Bonchev–Trinajstić information content (AvgIpc) is 3.24. The molecule has 0 saturated carbocycles. The summed E-state index contributed by atoms with van der Waals surface area (Å²) >= 11 is 1.81. The standard InChI is InChI=1S/C25H24N4OS/c1-3-14-27-25(30)20(17-26)16-21-18-29(22-8-6-5-7-9-22)28-24(21)19-10-12-23(13-11-19)31-15-4-2/h3,5-13,16,18H,1,4,14-15H2,2H3,(H,27,30). The summed E-state index contributed by atoms with van der Waals surface area (Å²) in [6.45, 7) is 6.04. The molecule has 0 bridgehead atoms. The summed E-state index contributed by atoms with van der Waals surface area (Å²) in [6, 6.07) is 19.9. The van der Waals surface area contributed by atoms with Gasteiger partial charge in [-0.2, -0.15) is 10.4 Å². The predicted molar refractivity (Wildman–Crippen MR) is 127 cm³/mol. The van der Waals surface area contributed by atoms with Gasteiger partial charge in [-0.3, -0.25) is 4.79 Å². The number of nitriles is 1. The molecule has 3 aromatic rings. The Morgan fingerprint density at radius 2 is 1.97 bits per heavy atom. The van der Waals surface area contributed by atoms with Crippen LogP contribution >= 0.6 is 11.8 Å². The fourth-order valence-electron chi connectivity index (χ4n) is 2.92. The molecule has 2 aromatic carbocycles. The Bertz CT molecular complexity index is 1110. The molecular formula is C25H24N4OS. The zero-order chi connectivity index (χ0) is 22.1. The molecule has 5 nitrogen and oxygen atoms in total. The third-order valence-corrected chi connectivity index (χ3v) is 5.65. The molecule has 0 unspecified atom stereocenters. The molecule has 0 fully saturated rings. The van der Waals surface area contributed by atoms with E-state index in [1.54, 1.807) is 16.8 Å². The van der Waals surface area contributed by atoms with Crippen molar-refractivity contribution in [3.05, 3.63) is 84.6 Å². The average molecular weight is 429 g/mol. The van der Waals surface area contributed by atoms with Crippen LogP contribution in [0.3, 0.4) is 0 Å². The Morgan fingerprint density at radius 1 is 1.23 bits per heavy atom. The van der Waals surface area contributed by atoms with E-state index in [4.69, 9.17) is 5.10 Å². The summed E-state index contributed by atoms with van der Waals surface area (Å²) in [5.41, 5.74) is 3.24. The number of benzene rings is 2. The van der Waals surface area contributed by atoms with E-state index < -0.39 is 5.91 Å². The summed E-state index contributed by atoms with van der Waals surface area (Å²) in [6.07, 6.45) is 6.11. The van der Waals surface area contributed by atoms with Gasteiger partial charge in [0.05, 0.1) is 11.4 Å². The molecule has 0 spiro atoms. The number of thioether (sulfide) groups is 1. The number of carbonyl (C=O) groups excluding carboxylic acids is 1. The molecule has 0 aliphatic heterocycles. The summed E-state index contributed by atoms with van der Waals surface area (Å²) in [5.74, 6) is 0.633. The fourth-order valence-corrected chi connectivity index (χ4v) is 3.69. The van der Waals surface area contributed by atoms with Crippen molar-refractivity contribution in [2.24, 2.45) is 0 Å². The summed E-state index contributed by atoms with van der Waals surface area (Å²) in [4.78, 5) is 13.5. The predicted octanol–water partition coefficient (Wildman–Crippen LogP) is 5.25. The van der Waals surface area contributed by atoms with E-state index in [9.17, 15) is 10.1 Å². The van der Waals surface area contributed by atoms with E-state index in [1.807, 2.05) is 66.5 Å². The van der Waals surface area contributed by atoms with Gasteiger partial charge in [0, 0.05) is 28.8 Å². The lowest BCUT2D eigenvalue weighted by Gasteiger charge is -2.04. The first-order chi connectivity index (χ1) is 15.2. The van der Waals surface area contributed by atoms with Gasteiger partial charge in [0.25, 0.3) is 5.91 Å². The Balaban J connectivity index is 2.03. The van der Waals surface area contributed by atoms with Gasteiger partial charge < -0.3 is 5.32 Å². The minimum absolute atomic E-state index is 0.0193. The first-order valence-electron chi connectivity index (χ1n) is 10.1. The number of amides is 1. The maximum absolute atomic E-state index is 12.3. The number of nitrogens with one attached hydrogen (secondary N) is 1. The zero-order valence-electron chi connectivity index (χ0n) is 17.4. The molecule has 0 aliphatic rings. The van der Waals surface area contributed by atoms with E-state index >= 15 is 0 Å². The van der Waals surface area contributed by atoms with Crippen LogP contribution in [0.4, 0.5) is 0 Å². The van der Waals surface area contributed by atoms with E-state index in [2.05, 4.69) is 31.0 Å². The Kier molecular flexibility index (Phi) is 7.85. The van der Waals surface area contributed by atoms with Gasteiger partial charge in [0.15, 0.2) is 0 Å². The van der Waals surface area contributed by atoms with Gasteiger partial charge in [-0.05, 0) is 42.5 Å². The highest BCUT2D eigenvalue weighted by Gasteiger charge is 2.15. The second-order valence-corrected chi connectivity index (χ2v) is 7.92. The van der Waals surface area contributed by atoms with E-state index in [1.165, 1.54) is 4.90 Å². The lowest BCUT2D eigenvalue weighted by Crippen LogP contribution is -2.24. The molecule has 0 saturated heterocycles. The normalized spacial score (nSPS) is 11.0. The summed E-state index contributed by atoms with van der Waals surface area (Å²) in [5, 5.41) is 16.9. The Morgan fingerprint density at radius 3 is 2.61 bits per heavy atom. The number of aromatic nitrogens is 2. The third kappa shape index (κ3) is 5.74. The van der Waals surface area contributed by atoms with Gasteiger partial charge in [0.1, 0.15) is 11.6 Å². The van der Waals surface area contributed by atoms with Crippen LogP contribution in [0.25, 0.3) is 23.0 Å². The molecule has 1 aromatic heterocycles. The highest BCUT2D eigenvalue weighted by molar-refractivity contribution is 7.99. The van der Waals surface area contributed by atoms with Gasteiger partial charge in [-0.25, -0.2) is 4.68 Å². The van der Waals surface area contributed by atoms with Crippen molar-refractivity contribution in [1.82, 2.24) is 15.1 Å². The molecule has 0 aliphatic carbocycles. The lowest BCUT2D eigenvalue weighted by atomic mass is 10.1. The van der Waals surface area contributed by atoms with Crippen LogP contribution in [0.2, 0.25) is 0 Å². The number of para-hydroxylation sites is 1. The minimum atomic E-state index is -0.438. The largest absolute Gasteiger partial charge is 0.348 e. The van der Waals surface area contributed by atoms with Crippen molar-refractivity contribution < 1.29 is 4.79 Å². The molecule has 31 heavy (non-hydrogen) atoms. The first-order valence-corrected chi connectivity index (χ1v) is 11.0. The van der Waals surface area contributed by atoms with Crippen molar-refractivity contribution in [3.63, 3.8) is 0 Å². The van der Waals surface area contributed by atoms with Crippen LogP contribution in [0.15, 0.2) is 83.9 Å². The number of hydrogen-bond acceptors (Lipinski definition) is 4. The molecule has 0 radical (unpaired) electrons. The first kappa shape index (κ1) is 22.1. The molecule has 1 heterocycles. The number of rotatable bonds is 9. The van der Waals surface area contributed by atoms with Crippen molar-refractivity contribution in [2.75, 3.05) is 12.3 Å². The monoisotopic (exact) mass is 428 g/mol. The molecule has 1 amide bonds. The maximum atomic E-state index is 12.3. The number of carbonyl (C=O) groups is 1. The van der Waals surface area contributed by atoms with Crippen LogP contribution in [-0.4, -0.2) is 28.0 Å². The van der Waals surface area contributed by atoms with Crippen LogP contribution in [0, 0.1) is 11.3 Å². The fraction of sp³-hybridized carbons (Fsp3) is 0.160. The van der Waals surface area contributed by atoms with Gasteiger partial charge in [-0.1, -0.05) is 43.3 Å². The molecule has 6 heteroatoms. The van der Waals surface area contributed by atoms with Crippen LogP contribution in [0.5, 0.6) is 0 Å². The zero-order valence-corrected chi connectivity index (χ0v) is 18.2. The van der Waals surface area contributed by atoms with Gasteiger partial charge >= 0.3 is 0 Å². The maximum Gasteiger partial charge on any atom is 0.262 e. The van der Waals surface area contributed by atoms with Crippen molar-refractivity contribution in [1.29, 1.82) is 5.26 Å². The van der Waals surface area contributed by atoms with Crippen LogP contribution in [0.1, 0.15) is 18.9 Å². The summed E-state index contributed by atoms with van der Waals surface area (Å²) < 4.78 is 1.76. The topological polar surface area (TPSA) is 70.7 Å². The minimum Gasteiger partial charge on any atom is -0.348 e.